The number of hydrogen-bond acceptors (Lipinski definition) is 2. The highest BCUT2D eigenvalue weighted by Crippen LogP contribution is 2.50. The molecule has 2 N–H and O–H groups in total. The fourth-order valence-electron chi connectivity index (χ4n) is 4.12. The molecular weight excluding hydrogens is 355 g/mol. The van der Waals surface area contributed by atoms with Crippen molar-refractivity contribution in [3.63, 3.8) is 0 Å². The molecule has 126 valence electrons. The molecule has 0 radical (unpaired) electrons. The van der Waals surface area contributed by atoms with Gasteiger partial charge < -0.3 is 10.6 Å². The van der Waals surface area contributed by atoms with E-state index in [0.717, 1.165) is 24.8 Å². The van der Waals surface area contributed by atoms with Crippen LogP contribution in [0.25, 0.3) is 0 Å². The van der Waals surface area contributed by atoms with Crippen molar-refractivity contribution in [3.8, 4) is 0 Å². The van der Waals surface area contributed by atoms with E-state index in [4.69, 9.17) is 23.2 Å². The number of rotatable bonds is 3. The summed E-state index contributed by atoms with van der Waals surface area (Å²) in [5.41, 5.74) is 1.01. The zero-order valence-electron chi connectivity index (χ0n) is 12.7. The standard InChI is InChI=1S/C17H20Cl2N2O.ClH/c18-15-3-1-2-12(16(15)19)13-8-14(13)17(22)21-11-6-9-4-5-10(7-11)20-9;/h1-3,9-11,13-14,20H,4-8H2,(H,21,22);1H. The zero-order valence-corrected chi connectivity index (χ0v) is 15.1. The molecule has 2 saturated heterocycles. The first-order valence-corrected chi connectivity index (χ1v) is 8.87. The average Bonchev–Trinajstić information content (AvgIpc) is 3.21. The van der Waals surface area contributed by atoms with Crippen molar-refractivity contribution in [2.45, 2.75) is 56.1 Å². The Morgan fingerprint density at radius 1 is 1.13 bits per heavy atom. The lowest BCUT2D eigenvalue weighted by Crippen LogP contribution is -2.48. The second kappa shape index (κ2) is 6.79. The average molecular weight is 376 g/mol. The molecule has 1 aliphatic carbocycles. The van der Waals surface area contributed by atoms with Crippen LogP contribution in [0.4, 0.5) is 0 Å². The van der Waals surface area contributed by atoms with Crippen LogP contribution in [0.3, 0.4) is 0 Å². The number of hydrogen-bond donors (Lipinski definition) is 2. The van der Waals surface area contributed by atoms with Gasteiger partial charge in [0.1, 0.15) is 0 Å². The predicted molar refractivity (Wildman–Crippen MR) is 95.7 cm³/mol. The quantitative estimate of drug-likeness (QED) is 0.841. The van der Waals surface area contributed by atoms with E-state index in [0.29, 0.717) is 28.2 Å². The largest absolute Gasteiger partial charge is 0.353 e. The fraction of sp³-hybridized carbons (Fsp3) is 0.588. The molecule has 1 aromatic rings. The molecule has 1 aromatic carbocycles. The maximum absolute atomic E-state index is 12.5. The van der Waals surface area contributed by atoms with Crippen LogP contribution in [-0.2, 0) is 4.79 Å². The molecule has 4 rings (SSSR count). The van der Waals surface area contributed by atoms with E-state index < -0.39 is 0 Å². The fourth-order valence-corrected chi connectivity index (χ4v) is 4.57. The Balaban J connectivity index is 0.00000156. The second-order valence-corrected chi connectivity index (χ2v) is 7.69. The molecule has 2 aliphatic heterocycles. The summed E-state index contributed by atoms with van der Waals surface area (Å²) in [6, 6.07) is 7.21. The van der Waals surface area contributed by atoms with Crippen molar-refractivity contribution in [2.75, 3.05) is 0 Å². The molecule has 3 aliphatic rings. The van der Waals surface area contributed by atoms with Gasteiger partial charge >= 0.3 is 0 Å². The van der Waals surface area contributed by atoms with E-state index >= 15 is 0 Å². The number of halogens is 3. The van der Waals surface area contributed by atoms with Gasteiger partial charge in [0.25, 0.3) is 0 Å². The smallest absolute Gasteiger partial charge is 0.223 e. The lowest BCUT2D eigenvalue weighted by molar-refractivity contribution is -0.123. The van der Waals surface area contributed by atoms with E-state index in [1.165, 1.54) is 12.8 Å². The van der Waals surface area contributed by atoms with Gasteiger partial charge in [-0.05, 0) is 49.7 Å². The summed E-state index contributed by atoms with van der Waals surface area (Å²) in [7, 11) is 0. The summed E-state index contributed by atoms with van der Waals surface area (Å²) in [6.45, 7) is 0. The molecule has 4 atom stereocenters. The minimum absolute atomic E-state index is 0. The minimum atomic E-state index is 0. The zero-order chi connectivity index (χ0) is 15.3. The Morgan fingerprint density at radius 2 is 1.83 bits per heavy atom. The molecule has 2 bridgehead atoms. The van der Waals surface area contributed by atoms with E-state index in [1.54, 1.807) is 6.07 Å². The van der Waals surface area contributed by atoms with Gasteiger partial charge in [-0.25, -0.2) is 0 Å². The number of carbonyl (C=O) groups is 1. The molecule has 3 fully saturated rings. The molecule has 0 spiro atoms. The van der Waals surface area contributed by atoms with Crippen LogP contribution in [0, 0.1) is 5.92 Å². The Morgan fingerprint density at radius 3 is 2.52 bits per heavy atom. The van der Waals surface area contributed by atoms with Crippen molar-refractivity contribution in [2.24, 2.45) is 5.92 Å². The maximum Gasteiger partial charge on any atom is 0.223 e. The van der Waals surface area contributed by atoms with Crippen LogP contribution < -0.4 is 10.6 Å². The van der Waals surface area contributed by atoms with Crippen LogP contribution in [0.1, 0.15) is 43.6 Å². The van der Waals surface area contributed by atoms with Gasteiger partial charge in [-0.2, -0.15) is 0 Å². The molecular formula is C17H21Cl3N2O. The highest BCUT2D eigenvalue weighted by atomic mass is 35.5. The van der Waals surface area contributed by atoms with E-state index in [9.17, 15) is 4.79 Å². The Hall–Kier alpha value is -0.480. The van der Waals surface area contributed by atoms with Crippen LogP contribution in [0.15, 0.2) is 18.2 Å². The van der Waals surface area contributed by atoms with Gasteiger partial charge in [0, 0.05) is 24.0 Å². The lowest BCUT2D eigenvalue weighted by Gasteiger charge is -2.29. The van der Waals surface area contributed by atoms with Crippen LogP contribution in [-0.4, -0.2) is 24.0 Å². The van der Waals surface area contributed by atoms with Crippen molar-refractivity contribution in [1.29, 1.82) is 0 Å². The maximum atomic E-state index is 12.5. The minimum Gasteiger partial charge on any atom is -0.353 e. The Kier molecular flexibility index (Phi) is 5.12. The first-order valence-electron chi connectivity index (χ1n) is 8.12. The molecule has 3 nitrogen and oxygen atoms in total. The second-order valence-electron chi connectivity index (χ2n) is 6.91. The summed E-state index contributed by atoms with van der Waals surface area (Å²) in [5.74, 6) is 0.473. The molecule has 1 amide bonds. The third kappa shape index (κ3) is 3.48. The van der Waals surface area contributed by atoms with Gasteiger partial charge in [0.15, 0.2) is 0 Å². The number of benzene rings is 1. The number of amides is 1. The van der Waals surface area contributed by atoms with Crippen LogP contribution >= 0.6 is 35.6 Å². The van der Waals surface area contributed by atoms with Crippen molar-refractivity contribution < 1.29 is 4.79 Å². The van der Waals surface area contributed by atoms with E-state index in [-0.39, 0.29) is 30.2 Å². The van der Waals surface area contributed by atoms with Crippen LogP contribution in [0.5, 0.6) is 0 Å². The molecule has 0 aromatic heterocycles. The summed E-state index contributed by atoms with van der Waals surface area (Å²) in [5, 5.41) is 8.03. The van der Waals surface area contributed by atoms with Gasteiger partial charge in [-0.3, -0.25) is 4.79 Å². The molecule has 2 heterocycles. The van der Waals surface area contributed by atoms with Crippen molar-refractivity contribution in [1.82, 2.24) is 10.6 Å². The monoisotopic (exact) mass is 374 g/mol. The van der Waals surface area contributed by atoms with Gasteiger partial charge in [-0.15, -0.1) is 12.4 Å². The summed E-state index contributed by atoms with van der Waals surface area (Å²) in [4.78, 5) is 12.5. The van der Waals surface area contributed by atoms with Crippen LogP contribution in [0.2, 0.25) is 10.0 Å². The van der Waals surface area contributed by atoms with Gasteiger partial charge in [0.05, 0.1) is 10.0 Å². The number of piperidine rings is 1. The summed E-state index contributed by atoms with van der Waals surface area (Å²) in [6.07, 6.45) is 5.52. The number of carbonyl (C=O) groups excluding carboxylic acids is 1. The molecule has 4 unspecified atom stereocenters. The Labute approximate surface area is 152 Å². The first-order chi connectivity index (χ1) is 10.6. The van der Waals surface area contributed by atoms with Crippen molar-refractivity contribution in [3.05, 3.63) is 33.8 Å². The lowest BCUT2D eigenvalue weighted by atomic mass is 9.99. The molecule has 1 saturated carbocycles. The van der Waals surface area contributed by atoms with Gasteiger partial charge in [-0.1, -0.05) is 35.3 Å². The predicted octanol–water partition coefficient (Wildman–Crippen LogP) is 3.92. The van der Waals surface area contributed by atoms with E-state index in [1.807, 2.05) is 12.1 Å². The third-order valence-electron chi connectivity index (χ3n) is 5.33. The highest BCUT2D eigenvalue weighted by molar-refractivity contribution is 6.42. The SMILES string of the molecule is Cl.O=C(NC1CC2CCC(C1)N2)C1CC1c1cccc(Cl)c1Cl. The topological polar surface area (TPSA) is 41.1 Å². The third-order valence-corrected chi connectivity index (χ3v) is 6.16. The first kappa shape index (κ1) is 17.3. The van der Waals surface area contributed by atoms with Crippen molar-refractivity contribution >= 4 is 41.5 Å². The highest BCUT2D eigenvalue weighted by Gasteiger charge is 2.46. The van der Waals surface area contributed by atoms with E-state index in [2.05, 4.69) is 10.6 Å². The normalized spacial score (nSPS) is 34.6. The molecule has 23 heavy (non-hydrogen) atoms. The summed E-state index contributed by atoms with van der Waals surface area (Å²) >= 11 is 12.3. The number of fused-ring (bicyclic) bond motifs is 2. The number of nitrogens with one attached hydrogen (secondary N) is 2. The summed E-state index contributed by atoms with van der Waals surface area (Å²) < 4.78 is 0. The Bertz CT molecular complexity index is 598. The van der Waals surface area contributed by atoms with Gasteiger partial charge in [0.2, 0.25) is 5.91 Å². The molecule has 6 heteroatoms.